The van der Waals surface area contributed by atoms with Crippen molar-refractivity contribution in [3.63, 3.8) is 0 Å². The van der Waals surface area contributed by atoms with E-state index in [-0.39, 0.29) is 11.3 Å². The molecule has 1 unspecified atom stereocenters. The Morgan fingerprint density at radius 3 is 1.98 bits per heavy atom. The lowest BCUT2D eigenvalue weighted by Gasteiger charge is -2.36. The molecule has 1 aliphatic carbocycles. The van der Waals surface area contributed by atoms with Crippen LogP contribution in [0.2, 0.25) is 0 Å². The molecule has 1 heterocycles. The molecule has 2 heteroatoms. The summed E-state index contributed by atoms with van der Waals surface area (Å²) in [5, 5.41) is 0. The SMILES string of the molecule is C/C=C(/c1ccc(C(CCC)(CCC)c2ccc(C(/C=C(\C)c3ccccc3)C3=CCCC=C3)cc2)cc1)c1ncccc1C.CCN. The van der Waals surface area contributed by atoms with Gasteiger partial charge in [-0.2, -0.15) is 0 Å². The molecule has 1 aromatic heterocycles. The van der Waals surface area contributed by atoms with Crippen LogP contribution in [-0.4, -0.2) is 11.5 Å². The second kappa shape index (κ2) is 18.3. The normalized spacial score (nSPS) is 14.2. The highest BCUT2D eigenvalue weighted by Gasteiger charge is 2.33. The summed E-state index contributed by atoms with van der Waals surface area (Å²) in [7, 11) is 0. The van der Waals surface area contributed by atoms with Gasteiger partial charge < -0.3 is 5.73 Å². The number of hydrogen-bond donors (Lipinski definition) is 1. The van der Waals surface area contributed by atoms with Gasteiger partial charge in [0, 0.05) is 23.1 Å². The van der Waals surface area contributed by atoms with Crippen molar-refractivity contribution >= 4 is 11.1 Å². The topological polar surface area (TPSA) is 38.9 Å². The van der Waals surface area contributed by atoms with Crippen LogP contribution in [0.1, 0.15) is 118 Å². The van der Waals surface area contributed by atoms with Crippen molar-refractivity contribution in [1.29, 1.82) is 0 Å². The lowest BCUT2D eigenvalue weighted by Crippen LogP contribution is -2.27. The average molecular weight is 637 g/mol. The van der Waals surface area contributed by atoms with E-state index in [4.69, 9.17) is 10.7 Å². The number of pyridine rings is 1. The zero-order valence-corrected chi connectivity index (χ0v) is 30.2. The van der Waals surface area contributed by atoms with Crippen molar-refractivity contribution in [3.05, 3.63) is 172 Å². The molecule has 0 bridgehead atoms. The van der Waals surface area contributed by atoms with Crippen LogP contribution >= 0.6 is 0 Å². The molecule has 4 aromatic rings. The highest BCUT2D eigenvalue weighted by molar-refractivity contribution is 5.79. The average Bonchev–Trinajstić information content (AvgIpc) is 3.13. The summed E-state index contributed by atoms with van der Waals surface area (Å²) >= 11 is 0. The Morgan fingerprint density at radius 2 is 1.44 bits per heavy atom. The first-order valence-electron chi connectivity index (χ1n) is 18.0. The molecule has 0 aliphatic heterocycles. The van der Waals surface area contributed by atoms with E-state index in [9.17, 15) is 0 Å². The number of rotatable bonds is 12. The van der Waals surface area contributed by atoms with E-state index in [0.29, 0.717) is 0 Å². The molecule has 1 atom stereocenters. The molecule has 250 valence electrons. The van der Waals surface area contributed by atoms with Gasteiger partial charge in [0.2, 0.25) is 0 Å². The quantitative estimate of drug-likeness (QED) is 0.168. The number of nitrogens with zero attached hydrogens (tertiary/aromatic N) is 1. The smallest absolute Gasteiger partial charge is 0.0733 e. The fourth-order valence-electron chi connectivity index (χ4n) is 7.21. The van der Waals surface area contributed by atoms with E-state index < -0.39 is 0 Å². The lowest BCUT2D eigenvalue weighted by molar-refractivity contribution is 0.426. The summed E-state index contributed by atoms with van der Waals surface area (Å²) in [5.41, 5.74) is 17.7. The van der Waals surface area contributed by atoms with Crippen molar-refractivity contribution in [3.8, 4) is 0 Å². The summed E-state index contributed by atoms with van der Waals surface area (Å²) in [5.74, 6) is 0.233. The van der Waals surface area contributed by atoms with Crippen molar-refractivity contribution in [2.75, 3.05) is 6.54 Å². The molecule has 0 saturated heterocycles. The molecule has 0 amide bonds. The predicted octanol–water partition coefficient (Wildman–Crippen LogP) is 12.2. The van der Waals surface area contributed by atoms with Crippen LogP contribution in [0.15, 0.2) is 133 Å². The van der Waals surface area contributed by atoms with Gasteiger partial charge in [-0.05, 0) is 104 Å². The predicted molar refractivity (Wildman–Crippen MR) is 209 cm³/mol. The zero-order chi connectivity index (χ0) is 34.4. The molecule has 0 radical (unpaired) electrons. The van der Waals surface area contributed by atoms with Gasteiger partial charge in [0.1, 0.15) is 0 Å². The van der Waals surface area contributed by atoms with Gasteiger partial charge in [-0.3, -0.25) is 4.98 Å². The third-order valence-corrected chi connectivity index (χ3v) is 9.51. The molecule has 48 heavy (non-hydrogen) atoms. The first kappa shape index (κ1) is 36.6. The molecular weight excluding hydrogens is 581 g/mol. The van der Waals surface area contributed by atoms with E-state index in [1.54, 1.807) is 0 Å². The van der Waals surface area contributed by atoms with Crippen LogP contribution in [0, 0.1) is 6.92 Å². The van der Waals surface area contributed by atoms with Gasteiger partial charge in [0.15, 0.2) is 0 Å². The molecule has 0 fully saturated rings. The number of nitrogens with two attached hydrogens (primary N) is 1. The largest absolute Gasteiger partial charge is 0.331 e. The van der Waals surface area contributed by atoms with Crippen molar-refractivity contribution in [2.45, 2.75) is 91.4 Å². The Kier molecular flexibility index (Phi) is 14.0. The summed E-state index contributed by atoms with van der Waals surface area (Å²) in [4.78, 5) is 4.71. The van der Waals surface area contributed by atoms with Gasteiger partial charge in [-0.15, -0.1) is 0 Å². The maximum Gasteiger partial charge on any atom is 0.0733 e. The minimum Gasteiger partial charge on any atom is -0.331 e. The van der Waals surface area contributed by atoms with Crippen molar-refractivity contribution in [1.82, 2.24) is 4.98 Å². The monoisotopic (exact) mass is 636 g/mol. The van der Waals surface area contributed by atoms with E-state index in [1.165, 1.54) is 50.1 Å². The molecule has 5 rings (SSSR count). The highest BCUT2D eigenvalue weighted by Crippen LogP contribution is 2.43. The van der Waals surface area contributed by atoms with Gasteiger partial charge in [-0.1, -0.05) is 149 Å². The summed E-state index contributed by atoms with van der Waals surface area (Å²) < 4.78 is 0. The zero-order valence-electron chi connectivity index (χ0n) is 30.2. The van der Waals surface area contributed by atoms with Gasteiger partial charge in [0.25, 0.3) is 0 Å². The molecule has 2 nitrogen and oxygen atoms in total. The number of aryl methyl sites for hydroxylation is 1. The first-order valence-corrected chi connectivity index (χ1v) is 18.0. The van der Waals surface area contributed by atoms with Crippen LogP contribution in [0.5, 0.6) is 0 Å². The Labute approximate surface area is 291 Å². The van der Waals surface area contributed by atoms with E-state index in [1.807, 2.05) is 19.2 Å². The Hall–Kier alpha value is -4.27. The maximum atomic E-state index is 4.85. The molecule has 3 aromatic carbocycles. The fraction of sp³-hybridized carbons (Fsp3) is 0.326. The molecule has 0 saturated carbocycles. The Bertz CT molecular complexity index is 1680. The van der Waals surface area contributed by atoms with E-state index >= 15 is 0 Å². The highest BCUT2D eigenvalue weighted by atomic mass is 14.7. The van der Waals surface area contributed by atoms with Crippen LogP contribution in [0.3, 0.4) is 0 Å². The minimum atomic E-state index is -0.0210. The minimum absolute atomic E-state index is 0.0210. The molecule has 2 N–H and O–H groups in total. The molecular formula is C46H56N2. The number of benzene rings is 3. The summed E-state index contributed by atoms with van der Waals surface area (Å²) in [6.07, 6.45) is 20.4. The van der Waals surface area contributed by atoms with Crippen LogP contribution in [0.4, 0.5) is 0 Å². The maximum absolute atomic E-state index is 4.85. The number of hydrogen-bond acceptors (Lipinski definition) is 2. The van der Waals surface area contributed by atoms with Crippen LogP contribution in [-0.2, 0) is 5.41 Å². The van der Waals surface area contributed by atoms with Crippen LogP contribution in [0.25, 0.3) is 11.1 Å². The Morgan fingerprint density at radius 1 is 0.812 bits per heavy atom. The Balaban J connectivity index is 0.00000167. The van der Waals surface area contributed by atoms with Gasteiger partial charge in [0.05, 0.1) is 5.69 Å². The molecule has 0 spiro atoms. The molecule has 1 aliphatic rings. The fourth-order valence-corrected chi connectivity index (χ4v) is 7.21. The summed E-state index contributed by atoms with van der Waals surface area (Å²) in [6, 6.07) is 33.9. The van der Waals surface area contributed by atoms with Gasteiger partial charge in [-0.25, -0.2) is 0 Å². The first-order chi connectivity index (χ1) is 23.4. The lowest BCUT2D eigenvalue weighted by atomic mass is 9.68. The van der Waals surface area contributed by atoms with Gasteiger partial charge >= 0.3 is 0 Å². The standard InChI is InChI=1S/C44H49N.C2H7N/c1-6-29-44(30-7-2,39-25-21-37(22-26-39)41(8-3)43-33(4)16-15-31-45-43)40-27-23-38(24-28-40)42(36-19-13-10-14-20-36)32-34(5)35-17-11-9-12-18-35;1-2-3/h8-9,11-13,15-28,31-32,42H,6-7,10,14,29-30H2,1-5H3;2-3H2,1H3/b34-32+,41-8-;. The second-order valence-corrected chi connectivity index (χ2v) is 12.9. The second-order valence-electron chi connectivity index (χ2n) is 12.9. The summed E-state index contributed by atoms with van der Waals surface area (Å²) in [6.45, 7) is 13.8. The third-order valence-electron chi connectivity index (χ3n) is 9.51. The van der Waals surface area contributed by atoms with Crippen LogP contribution < -0.4 is 5.73 Å². The number of allylic oxidation sites excluding steroid dienone is 7. The number of aromatic nitrogens is 1. The van der Waals surface area contributed by atoms with E-state index in [0.717, 1.165) is 50.8 Å². The van der Waals surface area contributed by atoms with Crippen molar-refractivity contribution < 1.29 is 0 Å². The third kappa shape index (κ3) is 8.79. The van der Waals surface area contributed by atoms with Crippen molar-refractivity contribution in [2.24, 2.45) is 5.73 Å². The van der Waals surface area contributed by atoms with E-state index in [2.05, 4.69) is 150 Å².